The van der Waals surface area contributed by atoms with Crippen LogP contribution in [-0.2, 0) is 5.41 Å². The summed E-state index contributed by atoms with van der Waals surface area (Å²) in [4.78, 5) is 7.47. The molecule has 2 nitrogen and oxygen atoms in total. The molecule has 0 amide bonds. The lowest BCUT2D eigenvalue weighted by molar-refractivity contribution is 0.661. The van der Waals surface area contributed by atoms with Gasteiger partial charge in [-0.15, -0.1) is 22.7 Å². The third kappa shape index (κ3) is 3.88. The highest BCUT2D eigenvalue weighted by Crippen LogP contribution is 2.52. The van der Waals surface area contributed by atoms with Crippen molar-refractivity contribution in [1.29, 1.82) is 0 Å². The molecule has 0 spiro atoms. The Morgan fingerprint density at radius 1 is 0.523 bits per heavy atom. The summed E-state index contributed by atoms with van der Waals surface area (Å²) in [6.07, 6.45) is 0. The molecule has 6 aromatic carbocycles. The number of rotatable bonds is 4. The van der Waals surface area contributed by atoms with E-state index in [4.69, 9.17) is 4.98 Å². The smallest absolute Gasteiger partial charge is 0.124 e. The van der Waals surface area contributed by atoms with Crippen molar-refractivity contribution in [3.8, 4) is 21.7 Å². The number of nitrogens with zero attached hydrogens (tertiary/aromatic N) is 2. The number of hydrogen-bond acceptors (Lipinski definition) is 4. The maximum Gasteiger partial charge on any atom is 0.124 e. The summed E-state index contributed by atoms with van der Waals surface area (Å²) in [5, 5.41) is 3.69. The Morgan fingerprint density at radius 2 is 1.20 bits per heavy atom. The minimum Gasteiger partial charge on any atom is -0.310 e. The van der Waals surface area contributed by atoms with E-state index < -0.39 is 0 Å². The first-order valence-electron chi connectivity index (χ1n) is 15.0. The third-order valence-electron chi connectivity index (χ3n) is 9.08. The number of para-hydroxylation sites is 1. The normalized spacial score (nSPS) is 13.4. The molecule has 1 aliphatic rings. The van der Waals surface area contributed by atoms with Gasteiger partial charge in [-0.05, 0) is 82.9 Å². The summed E-state index contributed by atoms with van der Waals surface area (Å²) in [6, 6.07) is 48.6. The van der Waals surface area contributed by atoms with Crippen molar-refractivity contribution in [2.24, 2.45) is 0 Å². The van der Waals surface area contributed by atoms with E-state index >= 15 is 0 Å². The molecule has 44 heavy (non-hydrogen) atoms. The zero-order valence-electron chi connectivity index (χ0n) is 24.4. The zero-order chi connectivity index (χ0) is 29.4. The summed E-state index contributed by atoms with van der Waals surface area (Å²) in [5.74, 6) is 0. The first-order valence-corrected chi connectivity index (χ1v) is 16.6. The van der Waals surface area contributed by atoms with Crippen molar-refractivity contribution in [2.45, 2.75) is 19.3 Å². The van der Waals surface area contributed by atoms with Crippen LogP contribution in [-0.4, -0.2) is 4.98 Å². The Balaban J connectivity index is 1.22. The van der Waals surface area contributed by atoms with E-state index in [1.165, 1.54) is 52.7 Å². The van der Waals surface area contributed by atoms with Crippen molar-refractivity contribution in [2.75, 3.05) is 4.90 Å². The molecule has 0 aliphatic heterocycles. The van der Waals surface area contributed by atoms with Crippen LogP contribution in [0.2, 0.25) is 0 Å². The molecule has 4 heteroatoms. The van der Waals surface area contributed by atoms with Crippen molar-refractivity contribution in [3.05, 3.63) is 145 Å². The van der Waals surface area contributed by atoms with Crippen LogP contribution >= 0.6 is 22.7 Å². The Labute approximate surface area is 264 Å². The molecule has 0 N–H and O–H groups in total. The lowest BCUT2D eigenvalue weighted by atomic mass is 9.82. The summed E-state index contributed by atoms with van der Waals surface area (Å²) < 4.78 is 3.87. The van der Waals surface area contributed by atoms with Gasteiger partial charge in [0.1, 0.15) is 5.01 Å². The van der Waals surface area contributed by atoms with Gasteiger partial charge in [0, 0.05) is 48.2 Å². The van der Waals surface area contributed by atoms with E-state index in [9.17, 15) is 0 Å². The molecule has 1 aliphatic carbocycles. The van der Waals surface area contributed by atoms with Crippen LogP contribution in [0.5, 0.6) is 0 Å². The molecular weight excluding hydrogens is 573 g/mol. The topological polar surface area (TPSA) is 16.1 Å². The number of thiazole rings is 1. The van der Waals surface area contributed by atoms with Gasteiger partial charge in [-0.3, -0.25) is 0 Å². The molecule has 0 saturated carbocycles. The Bertz CT molecular complexity index is 2360. The first kappa shape index (κ1) is 25.7. The number of fused-ring (bicyclic) bond motifs is 7. The Hall–Kier alpha value is -4.77. The van der Waals surface area contributed by atoms with E-state index in [0.717, 1.165) is 27.6 Å². The number of hydrogen-bond donors (Lipinski definition) is 0. The molecule has 0 saturated heterocycles. The van der Waals surface area contributed by atoms with Crippen molar-refractivity contribution < 1.29 is 0 Å². The molecule has 210 valence electrons. The fourth-order valence-corrected chi connectivity index (χ4v) is 8.96. The van der Waals surface area contributed by atoms with E-state index in [2.05, 4.69) is 152 Å². The maximum absolute atomic E-state index is 5.07. The zero-order valence-corrected chi connectivity index (χ0v) is 26.0. The fraction of sp³-hybridized carbons (Fsp3) is 0.0750. The molecule has 2 aromatic heterocycles. The molecule has 0 fully saturated rings. The highest BCUT2D eigenvalue weighted by molar-refractivity contribution is 7.25. The van der Waals surface area contributed by atoms with Gasteiger partial charge in [-0.2, -0.15) is 0 Å². The van der Waals surface area contributed by atoms with Crippen LogP contribution in [0.3, 0.4) is 0 Å². The van der Waals surface area contributed by atoms with E-state index in [-0.39, 0.29) is 5.41 Å². The monoisotopic (exact) mass is 600 g/mol. The molecular formula is C40H28N2S2. The number of aromatic nitrogens is 1. The number of benzene rings is 6. The highest BCUT2D eigenvalue weighted by Gasteiger charge is 2.36. The number of thiophene rings is 1. The molecule has 9 rings (SSSR count). The van der Waals surface area contributed by atoms with Gasteiger partial charge >= 0.3 is 0 Å². The average molecular weight is 601 g/mol. The number of anilines is 3. The molecule has 0 atom stereocenters. The summed E-state index contributed by atoms with van der Waals surface area (Å²) in [6.45, 7) is 4.69. The highest BCUT2D eigenvalue weighted by atomic mass is 32.1. The predicted molar refractivity (Wildman–Crippen MR) is 190 cm³/mol. The van der Waals surface area contributed by atoms with Crippen molar-refractivity contribution >= 4 is 70.1 Å². The average Bonchev–Trinajstić information content (AvgIpc) is 3.71. The molecule has 0 bridgehead atoms. The van der Waals surface area contributed by atoms with Crippen LogP contribution in [0, 0.1) is 0 Å². The summed E-state index contributed by atoms with van der Waals surface area (Å²) in [7, 11) is 0. The van der Waals surface area contributed by atoms with Gasteiger partial charge in [-0.1, -0.05) is 86.6 Å². The van der Waals surface area contributed by atoms with Crippen LogP contribution < -0.4 is 4.90 Å². The van der Waals surface area contributed by atoms with Gasteiger partial charge in [-0.25, -0.2) is 4.98 Å². The van der Waals surface area contributed by atoms with Gasteiger partial charge in [0.15, 0.2) is 0 Å². The first-order chi connectivity index (χ1) is 21.5. The molecule has 0 radical (unpaired) electrons. The maximum atomic E-state index is 5.07. The second-order valence-electron chi connectivity index (χ2n) is 12.1. The van der Waals surface area contributed by atoms with Crippen molar-refractivity contribution in [1.82, 2.24) is 4.98 Å². The third-order valence-corrected chi connectivity index (χ3v) is 11.3. The summed E-state index contributed by atoms with van der Waals surface area (Å²) >= 11 is 3.64. The van der Waals surface area contributed by atoms with Crippen LogP contribution in [0.1, 0.15) is 25.0 Å². The molecule has 0 unspecified atom stereocenters. The lowest BCUT2D eigenvalue weighted by Gasteiger charge is -2.27. The minimum absolute atomic E-state index is 0.111. The van der Waals surface area contributed by atoms with Crippen LogP contribution in [0.4, 0.5) is 17.1 Å². The quantitative estimate of drug-likeness (QED) is 0.200. The van der Waals surface area contributed by atoms with Crippen LogP contribution in [0.15, 0.2) is 133 Å². The minimum atomic E-state index is -0.111. The molecule has 8 aromatic rings. The Kier molecular flexibility index (Phi) is 5.62. The lowest BCUT2D eigenvalue weighted by Crippen LogP contribution is -2.15. The van der Waals surface area contributed by atoms with E-state index in [0.29, 0.717) is 0 Å². The largest absolute Gasteiger partial charge is 0.310 e. The van der Waals surface area contributed by atoms with Gasteiger partial charge in [0.25, 0.3) is 0 Å². The summed E-state index contributed by atoms with van der Waals surface area (Å²) in [5.41, 5.74) is 10.9. The van der Waals surface area contributed by atoms with Crippen molar-refractivity contribution in [3.63, 3.8) is 0 Å². The second kappa shape index (κ2) is 9.62. The fourth-order valence-electron chi connectivity index (χ4n) is 6.88. The second-order valence-corrected chi connectivity index (χ2v) is 14.2. The van der Waals surface area contributed by atoms with E-state index in [1.54, 1.807) is 11.3 Å². The SMILES string of the molecule is CC1(C)c2ccc(N(c3ccccc3)c3ccc4sc5ccccc5c4c3)cc2-c2cc3sc(-c4ccccc4)nc3cc21. The standard InChI is InChI=1S/C40H28N2S2/c1-40(2)33-19-17-27(21-30(33)31-23-38-35(24-34(31)40)41-39(44-38)25-11-5-3-6-12-25)42(26-13-7-4-8-14-26)28-18-20-37-32(22-28)29-15-9-10-16-36(29)43-37/h3-24H,1-2H3. The van der Waals surface area contributed by atoms with Gasteiger partial charge < -0.3 is 4.90 Å². The van der Waals surface area contributed by atoms with E-state index in [1.807, 2.05) is 11.3 Å². The van der Waals surface area contributed by atoms with Crippen LogP contribution in [0.25, 0.3) is 52.1 Å². The van der Waals surface area contributed by atoms with Gasteiger partial charge in [0.05, 0.1) is 10.2 Å². The Morgan fingerprint density at radius 3 is 2.05 bits per heavy atom. The van der Waals surface area contributed by atoms with Gasteiger partial charge in [0.2, 0.25) is 0 Å². The predicted octanol–water partition coefficient (Wildman–Crippen LogP) is 12.1. The molecule has 2 heterocycles.